The van der Waals surface area contributed by atoms with E-state index >= 15 is 0 Å². The second-order valence-corrected chi connectivity index (χ2v) is 9.92. The number of aromatic hydroxyl groups is 1. The summed E-state index contributed by atoms with van der Waals surface area (Å²) in [7, 11) is 0. The van der Waals surface area contributed by atoms with Gasteiger partial charge in [-0.2, -0.15) is 0 Å². The number of unbranched alkanes of at least 4 members (excludes halogenated alkanes) is 4. The van der Waals surface area contributed by atoms with Gasteiger partial charge in [-0.25, -0.2) is 0 Å². The van der Waals surface area contributed by atoms with Crippen LogP contribution in [0.15, 0.2) is 18.2 Å². The maximum atomic E-state index is 10.6. The lowest BCUT2D eigenvalue weighted by Gasteiger charge is -2.17. The van der Waals surface area contributed by atoms with Gasteiger partial charge < -0.3 is 5.11 Å². The lowest BCUT2D eigenvalue weighted by Crippen LogP contribution is -2.03. The fraction of sp³-hybridized carbons (Fsp3) is 0.750. The van der Waals surface area contributed by atoms with Gasteiger partial charge in [-0.1, -0.05) is 71.6 Å². The van der Waals surface area contributed by atoms with E-state index in [1.54, 1.807) is 0 Å². The molecule has 0 unspecified atom stereocenters. The number of phenols is 1. The molecule has 1 saturated carbocycles. The molecule has 0 bridgehead atoms. The molecule has 1 nitrogen and oxygen atoms in total. The second-order valence-electron chi connectivity index (χ2n) is 9.92. The van der Waals surface area contributed by atoms with Gasteiger partial charge in [0.15, 0.2) is 0 Å². The molecule has 0 spiro atoms. The van der Waals surface area contributed by atoms with Gasteiger partial charge >= 0.3 is 0 Å². The number of para-hydroxylation sites is 1. The van der Waals surface area contributed by atoms with E-state index < -0.39 is 0 Å². The molecule has 0 radical (unpaired) electrons. The van der Waals surface area contributed by atoms with Crippen LogP contribution in [0.5, 0.6) is 5.75 Å². The van der Waals surface area contributed by atoms with Crippen molar-refractivity contribution in [1.29, 1.82) is 0 Å². The highest BCUT2D eigenvalue weighted by Crippen LogP contribution is 2.49. The smallest absolute Gasteiger partial charge is 0.121 e. The molecule has 1 aliphatic rings. The summed E-state index contributed by atoms with van der Waals surface area (Å²) in [6, 6.07) is 6.35. The molecule has 25 heavy (non-hydrogen) atoms. The summed E-state index contributed by atoms with van der Waals surface area (Å²) in [5.41, 5.74) is 3.44. The second kappa shape index (κ2) is 9.10. The van der Waals surface area contributed by atoms with E-state index in [2.05, 4.69) is 45.9 Å². The van der Waals surface area contributed by atoms with Crippen molar-refractivity contribution in [3.8, 4) is 5.75 Å². The summed E-state index contributed by atoms with van der Waals surface area (Å²) in [6.07, 6.45) is 15.2. The monoisotopic (exact) mass is 344 g/mol. The largest absolute Gasteiger partial charge is 0.507 e. The van der Waals surface area contributed by atoms with Crippen molar-refractivity contribution in [2.24, 2.45) is 10.8 Å². The zero-order chi connectivity index (χ0) is 18.3. The lowest BCUT2D eigenvalue weighted by molar-refractivity contribution is 0.357. The molecule has 0 amide bonds. The van der Waals surface area contributed by atoms with E-state index in [-0.39, 0.29) is 0 Å². The molecule has 1 N–H and O–H groups in total. The van der Waals surface area contributed by atoms with Gasteiger partial charge in [0.1, 0.15) is 5.75 Å². The fourth-order valence-corrected chi connectivity index (χ4v) is 3.70. The van der Waals surface area contributed by atoms with Crippen LogP contribution in [0.1, 0.15) is 103 Å². The third-order valence-corrected chi connectivity index (χ3v) is 5.91. The van der Waals surface area contributed by atoms with E-state index in [0.717, 1.165) is 24.0 Å². The molecular weight excluding hydrogens is 304 g/mol. The number of hydrogen-bond acceptors (Lipinski definition) is 1. The van der Waals surface area contributed by atoms with Crippen molar-refractivity contribution in [3.05, 3.63) is 29.3 Å². The van der Waals surface area contributed by atoms with E-state index in [4.69, 9.17) is 0 Å². The highest BCUT2D eigenvalue weighted by Gasteiger charge is 2.35. The Morgan fingerprint density at radius 1 is 0.880 bits per heavy atom. The van der Waals surface area contributed by atoms with Crippen molar-refractivity contribution < 1.29 is 5.11 Å². The summed E-state index contributed by atoms with van der Waals surface area (Å²) in [6.45, 7) is 9.37. The van der Waals surface area contributed by atoms with Gasteiger partial charge in [0.05, 0.1) is 0 Å². The van der Waals surface area contributed by atoms with Gasteiger partial charge in [0, 0.05) is 0 Å². The molecule has 0 aliphatic heterocycles. The Morgan fingerprint density at radius 2 is 1.44 bits per heavy atom. The molecule has 1 aromatic rings. The normalized spacial score (nSPS) is 16.2. The Hall–Kier alpha value is -0.980. The summed E-state index contributed by atoms with van der Waals surface area (Å²) in [4.78, 5) is 0. The molecule has 0 heterocycles. The van der Waals surface area contributed by atoms with Crippen LogP contribution in [0, 0.1) is 10.8 Å². The Labute approximate surface area is 156 Å². The van der Waals surface area contributed by atoms with Crippen LogP contribution in [0.4, 0.5) is 0 Å². The number of hydrogen-bond donors (Lipinski definition) is 1. The Bertz CT molecular complexity index is 519. The van der Waals surface area contributed by atoms with Crippen molar-refractivity contribution >= 4 is 0 Å². The van der Waals surface area contributed by atoms with Crippen LogP contribution < -0.4 is 0 Å². The highest BCUT2D eigenvalue weighted by atomic mass is 16.3. The molecule has 0 atom stereocenters. The zero-order valence-corrected chi connectivity index (χ0v) is 17.2. The predicted octanol–water partition coefficient (Wildman–Crippen LogP) is 7.44. The van der Waals surface area contributed by atoms with E-state index in [1.807, 2.05) is 0 Å². The Kier molecular flexibility index (Phi) is 7.40. The summed E-state index contributed by atoms with van der Waals surface area (Å²) in [5.74, 6) is 0.579. The SMILES string of the molecule is CC(C)(C)CCCCCCc1cccc(CCCCC2(C)CC2)c1O. The fourth-order valence-electron chi connectivity index (χ4n) is 3.70. The maximum Gasteiger partial charge on any atom is 0.121 e. The quantitative estimate of drug-likeness (QED) is 0.413. The van der Waals surface area contributed by atoms with Gasteiger partial charge in [0.25, 0.3) is 0 Å². The number of phenolic OH excluding ortho intramolecular Hbond substituents is 1. The van der Waals surface area contributed by atoms with Gasteiger partial charge in [-0.05, 0) is 73.3 Å². The van der Waals surface area contributed by atoms with Crippen molar-refractivity contribution in [2.45, 2.75) is 105 Å². The van der Waals surface area contributed by atoms with Crippen LogP contribution in [-0.2, 0) is 12.8 Å². The third-order valence-electron chi connectivity index (χ3n) is 5.91. The molecular formula is C24H40O. The minimum atomic E-state index is 0.462. The maximum absolute atomic E-state index is 10.6. The third kappa shape index (κ3) is 7.84. The Morgan fingerprint density at radius 3 is 2.00 bits per heavy atom. The van der Waals surface area contributed by atoms with Gasteiger partial charge in [0.2, 0.25) is 0 Å². The van der Waals surface area contributed by atoms with E-state index in [9.17, 15) is 5.11 Å². The average Bonchev–Trinajstić information content (AvgIpc) is 3.27. The van der Waals surface area contributed by atoms with Crippen molar-refractivity contribution in [2.75, 3.05) is 0 Å². The molecule has 1 fully saturated rings. The number of benzene rings is 1. The first-order chi connectivity index (χ1) is 11.8. The van der Waals surface area contributed by atoms with Crippen LogP contribution in [0.3, 0.4) is 0 Å². The van der Waals surface area contributed by atoms with Crippen LogP contribution in [0.2, 0.25) is 0 Å². The first-order valence-corrected chi connectivity index (χ1v) is 10.6. The summed E-state index contributed by atoms with van der Waals surface area (Å²) >= 11 is 0. The predicted molar refractivity (Wildman–Crippen MR) is 109 cm³/mol. The Balaban J connectivity index is 1.66. The van der Waals surface area contributed by atoms with Crippen molar-refractivity contribution in [3.63, 3.8) is 0 Å². The molecule has 1 aromatic carbocycles. The number of aryl methyl sites for hydroxylation is 2. The molecule has 0 aromatic heterocycles. The average molecular weight is 345 g/mol. The van der Waals surface area contributed by atoms with Crippen LogP contribution >= 0.6 is 0 Å². The zero-order valence-electron chi connectivity index (χ0n) is 17.2. The van der Waals surface area contributed by atoms with E-state index in [1.165, 1.54) is 64.2 Å². The lowest BCUT2D eigenvalue weighted by atomic mass is 9.89. The minimum absolute atomic E-state index is 0.462. The first kappa shape index (κ1) is 20.3. The van der Waals surface area contributed by atoms with Gasteiger partial charge in [-0.15, -0.1) is 0 Å². The highest BCUT2D eigenvalue weighted by molar-refractivity contribution is 5.40. The van der Waals surface area contributed by atoms with Crippen LogP contribution in [0.25, 0.3) is 0 Å². The van der Waals surface area contributed by atoms with Crippen molar-refractivity contribution in [1.82, 2.24) is 0 Å². The molecule has 142 valence electrons. The minimum Gasteiger partial charge on any atom is -0.507 e. The van der Waals surface area contributed by atoms with Gasteiger partial charge in [-0.3, -0.25) is 0 Å². The number of rotatable bonds is 11. The molecule has 2 rings (SSSR count). The standard InChI is InChI=1S/C24H40O/c1-23(2,3)16-9-6-5-7-12-20-14-11-15-21(22(20)25)13-8-10-17-24(4)18-19-24/h11,14-15,25H,5-10,12-13,16-19H2,1-4H3. The van der Waals surface area contributed by atoms with E-state index in [0.29, 0.717) is 16.6 Å². The molecule has 1 aliphatic carbocycles. The molecule has 1 heteroatoms. The summed E-state index contributed by atoms with van der Waals surface area (Å²) in [5, 5.41) is 10.6. The van der Waals surface area contributed by atoms with Crippen LogP contribution in [-0.4, -0.2) is 5.11 Å². The first-order valence-electron chi connectivity index (χ1n) is 10.6. The molecule has 0 saturated heterocycles. The summed E-state index contributed by atoms with van der Waals surface area (Å²) < 4.78 is 0. The topological polar surface area (TPSA) is 20.2 Å².